The summed E-state index contributed by atoms with van der Waals surface area (Å²) in [6, 6.07) is 6.95. The van der Waals surface area contributed by atoms with Crippen molar-refractivity contribution >= 4 is 33.1 Å². The van der Waals surface area contributed by atoms with Crippen molar-refractivity contribution in [3.05, 3.63) is 58.4 Å². The number of rotatable bonds is 4. The highest BCUT2D eigenvalue weighted by Gasteiger charge is 2.31. The number of benzene rings is 2. The molecule has 178 valence electrons. The number of hydrogen-bond donors (Lipinski definition) is 1. The van der Waals surface area contributed by atoms with Crippen molar-refractivity contribution in [2.45, 2.75) is 24.0 Å². The van der Waals surface area contributed by atoms with E-state index in [1.54, 1.807) is 12.1 Å². The summed E-state index contributed by atoms with van der Waals surface area (Å²) in [5, 5.41) is 3.32. The Labute approximate surface area is 193 Å². The molecular formula is C21H21ClF4N4O2S. The van der Waals surface area contributed by atoms with Crippen LogP contribution in [0.25, 0.3) is 0 Å². The fourth-order valence-corrected chi connectivity index (χ4v) is 5.32. The van der Waals surface area contributed by atoms with Crippen LogP contribution in [-0.2, 0) is 22.7 Å². The van der Waals surface area contributed by atoms with Gasteiger partial charge in [0.25, 0.3) is 10.0 Å². The molecule has 2 heterocycles. The average molecular weight is 505 g/mol. The van der Waals surface area contributed by atoms with Crippen LogP contribution in [0.3, 0.4) is 0 Å². The smallest absolute Gasteiger partial charge is 0.341 e. The third kappa shape index (κ3) is 5.65. The second-order valence-electron chi connectivity index (χ2n) is 7.99. The zero-order valence-electron chi connectivity index (χ0n) is 17.4. The molecule has 2 aromatic carbocycles. The third-order valence-electron chi connectivity index (χ3n) is 5.55. The Morgan fingerprint density at radius 2 is 1.70 bits per heavy atom. The highest BCUT2D eigenvalue weighted by molar-refractivity contribution is 7.90. The molecule has 0 unspecified atom stereocenters. The molecular weight excluding hydrogens is 484 g/mol. The Bertz CT molecular complexity index is 1190. The van der Waals surface area contributed by atoms with Crippen molar-refractivity contribution in [1.29, 1.82) is 0 Å². The van der Waals surface area contributed by atoms with Crippen LogP contribution in [-0.4, -0.2) is 56.8 Å². The molecule has 33 heavy (non-hydrogen) atoms. The van der Waals surface area contributed by atoms with Crippen LogP contribution in [0.2, 0.25) is 5.02 Å². The molecule has 2 aliphatic rings. The first-order valence-corrected chi connectivity index (χ1v) is 12.0. The molecule has 0 bridgehead atoms. The number of nitrogens with zero attached hydrogens (tertiary/aromatic N) is 3. The van der Waals surface area contributed by atoms with E-state index in [-0.39, 0.29) is 29.4 Å². The van der Waals surface area contributed by atoms with Gasteiger partial charge in [-0.1, -0.05) is 11.6 Å². The van der Waals surface area contributed by atoms with E-state index in [4.69, 9.17) is 11.6 Å². The van der Waals surface area contributed by atoms with Gasteiger partial charge in [0.1, 0.15) is 16.5 Å². The standard InChI is InChI=1S/C21H21ClF4N4O2S/c22-16-3-5-18-19(11-16)33(31,32)28-20(27-18)13-30-7-1-6-29(8-9-30)12-14-10-15(21(24,25)26)2-4-17(14)23/h2-5,10-11H,1,6-9,12-13H2,(H,27,28). The Balaban J connectivity index is 1.41. The molecule has 0 radical (unpaired) electrons. The topological polar surface area (TPSA) is 65.0 Å². The number of alkyl halides is 3. The van der Waals surface area contributed by atoms with Gasteiger partial charge in [0.05, 0.1) is 17.8 Å². The SMILES string of the molecule is O=S1(=O)N=C(CN2CCCN(Cc3cc(C(F)(F)F)ccc3F)CC2)Nc2ccc(Cl)cc21. The first-order chi connectivity index (χ1) is 15.5. The summed E-state index contributed by atoms with van der Waals surface area (Å²) in [5.41, 5.74) is -0.474. The predicted molar refractivity (Wildman–Crippen MR) is 117 cm³/mol. The van der Waals surface area contributed by atoms with Crippen molar-refractivity contribution < 1.29 is 26.0 Å². The summed E-state index contributed by atoms with van der Waals surface area (Å²) in [5.74, 6) is -0.393. The number of hydrogen-bond acceptors (Lipinski definition) is 5. The van der Waals surface area contributed by atoms with Gasteiger partial charge in [-0.2, -0.15) is 21.6 Å². The van der Waals surface area contributed by atoms with E-state index in [1.165, 1.54) is 6.07 Å². The monoisotopic (exact) mass is 504 g/mol. The second kappa shape index (κ2) is 9.21. The Morgan fingerprint density at radius 3 is 2.39 bits per heavy atom. The number of amidine groups is 1. The van der Waals surface area contributed by atoms with Crippen LogP contribution in [0.15, 0.2) is 45.7 Å². The molecule has 2 aliphatic heterocycles. The van der Waals surface area contributed by atoms with Gasteiger partial charge in [0.15, 0.2) is 0 Å². The zero-order valence-corrected chi connectivity index (χ0v) is 18.9. The molecule has 12 heteroatoms. The van der Waals surface area contributed by atoms with Crippen molar-refractivity contribution in [2.75, 3.05) is 38.0 Å². The molecule has 4 rings (SSSR count). The van der Waals surface area contributed by atoms with Crippen LogP contribution < -0.4 is 5.32 Å². The third-order valence-corrected chi connectivity index (χ3v) is 7.14. The molecule has 6 nitrogen and oxygen atoms in total. The largest absolute Gasteiger partial charge is 0.416 e. The number of sulfonamides is 1. The zero-order chi connectivity index (χ0) is 23.8. The first-order valence-electron chi connectivity index (χ1n) is 10.2. The summed E-state index contributed by atoms with van der Waals surface area (Å²) in [4.78, 5) is 3.91. The quantitative estimate of drug-likeness (QED) is 0.632. The van der Waals surface area contributed by atoms with Gasteiger partial charge in [-0.3, -0.25) is 9.80 Å². The molecule has 0 spiro atoms. The van der Waals surface area contributed by atoms with Crippen LogP contribution in [0.1, 0.15) is 17.5 Å². The first kappa shape index (κ1) is 23.9. The van der Waals surface area contributed by atoms with Crippen molar-refractivity contribution in [1.82, 2.24) is 9.80 Å². The molecule has 1 fully saturated rings. The Kier molecular flexibility index (Phi) is 6.68. The fraction of sp³-hybridized carbons (Fsp3) is 0.381. The molecule has 0 atom stereocenters. The summed E-state index contributed by atoms with van der Waals surface area (Å²) in [6.45, 7) is 2.54. The van der Waals surface area contributed by atoms with E-state index in [1.807, 2.05) is 9.80 Å². The van der Waals surface area contributed by atoms with Crippen LogP contribution in [0.4, 0.5) is 23.2 Å². The van der Waals surface area contributed by atoms with Crippen LogP contribution in [0.5, 0.6) is 0 Å². The van der Waals surface area contributed by atoms with Crippen LogP contribution >= 0.6 is 11.6 Å². The molecule has 0 aromatic heterocycles. The van der Waals surface area contributed by atoms with E-state index < -0.39 is 27.6 Å². The second-order valence-corrected chi connectivity index (χ2v) is 10.00. The predicted octanol–water partition coefficient (Wildman–Crippen LogP) is 4.22. The Hall–Kier alpha value is -2.21. The lowest BCUT2D eigenvalue weighted by atomic mass is 10.1. The maximum absolute atomic E-state index is 14.1. The normalized spacial score (nSPS) is 19.4. The molecule has 0 amide bonds. The van der Waals surface area contributed by atoms with Crippen LogP contribution in [0, 0.1) is 5.82 Å². The van der Waals surface area contributed by atoms with Gasteiger partial charge in [-0.25, -0.2) is 4.39 Å². The van der Waals surface area contributed by atoms with Crippen molar-refractivity contribution in [3.8, 4) is 0 Å². The Morgan fingerprint density at radius 1 is 1.00 bits per heavy atom. The van der Waals surface area contributed by atoms with Gasteiger partial charge in [-0.15, -0.1) is 4.40 Å². The maximum atomic E-state index is 14.1. The molecule has 1 N–H and O–H groups in total. The number of halogens is 5. The minimum absolute atomic E-state index is 0.00189. The molecule has 1 saturated heterocycles. The van der Waals surface area contributed by atoms with Gasteiger partial charge >= 0.3 is 6.18 Å². The highest BCUT2D eigenvalue weighted by atomic mass is 35.5. The summed E-state index contributed by atoms with van der Waals surface area (Å²) >= 11 is 5.89. The highest BCUT2D eigenvalue weighted by Crippen LogP contribution is 2.31. The van der Waals surface area contributed by atoms with Gasteiger partial charge in [-0.05, 0) is 55.9 Å². The van der Waals surface area contributed by atoms with Crippen molar-refractivity contribution in [3.63, 3.8) is 0 Å². The lowest BCUT2D eigenvalue weighted by Crippen LogP contribution is -2.38. The molecule has 0 saturated carbocycles. The minimum atomic E-state index is -4.53. The van der Waals surface area contributed by atoms with Gasteiger partial charge < -0.3 is 5.32 Å². The average Bonchev–Trinajstić information content (AvgIpc) is 2.94. The minimum Gasteiger partial charge on any atom is -0.341 e. The van der Waals surface area contributed by atoms with E-state index in [0.29, 0.717) is 43.3 Å². The van der Waals surface area contributed by atoms with Gasteiger partial charge in [0, 0.05) is 30.2 Å². The summed E-state index contributed by atoms with van der Waals surface area (Å²) in [7, 11) is -3.88. The maximum Gasteiger partial charge on any atom is 0.416 e. The van der Waals surface area contributed by atoms with E-state index in [0.717, 1.165) is 18.2 Å². The van der Waals surface area contributed by atoms with Crippen molar-refractivity contribution in [2.24, 2.45) is 4.40 Å². The van der Waals surface area contributed by atoms with E-state index >= 15 is 0 Å². The fourth-order valence-electron chi connectivity index (χ4n) is 3.92. The van der Waals surface area contributed by atoms with E-state index in [2.05, 4.69) is 9.71 Å². The molecule has 0 aliphatic carbocycles. The lowest BCUT2D eigenvalue weighted by molar-refractivity contribution is -0.137. The lowest BCUT2D eigenvalue weighted by Gasteiger charge is -2.25. The number of anilines is 1. The number of fused-ring (bicyclic) bond motifs is 1. The van der Waals surface area contributed by atoms with Gasteiger partial charge in [0.2, 0.25) is 0 Å². The summed E-state index contributed by atoms with van der Waals surface area (Å²) < 4.78 is 81.9. The molecule has 2 aromatic rings. The summed E-state index contributed by atoms with van der Waals surface area (Å²) in [6.07, 6.45) is -3.84. The van der Waals surface area contributed by atoms with E-state index in [9.17, 15) is 26.0 Å². The number of nitrogens with one attached hydrogen (secondary N) is 1.